The lowest BCUT2D eigenvalue weighted by molar-refractivity contribution is -0.0259. The summed E-state index contributed by atoms with van der Waals surface area (Å²) in [5.74, 6) is 4.37. The highest BCUT2D eigenvalue weighted by atomic mass is 15.2. The molecule has 0 aromatic heterocycles. The predicted molar refractivity (Wildman–Crippen MR) is 89.3 cm³/mol. The zero-order valence-corrected chi connectivity index (χ0v) is 13.9. The molecule has 1 saturated heterocycles. The molecule has 120 valence electrons. The van der Waals surface area contributed by atoms with E-state index in [0.29, 0.717) is 0 Å². The average molecular weight is 290 g/mol. The van der Waals surface area contributed by atoms with Gasteiger partial charge in [0.15, 0.2) is 0 Å². The van der Waals surface area contributed by atoms with E-state index in [2.05, 4.69) is 4.90 Å². The average Bonchev–Trinajstić information content (AvgIpc) is 2.56. The predicted octanol–water partition coefficient (Wildman–Crippen LogP) is 5.25. The molecule has 0 N–H and O–H groups in total. The molecular weight excluding hydrogens is 254 g/mol. The summed E-state index contributed by atoms with van der Waals surface area (Å²) in [5.41, 5.74) is 0. The lowest BCUT2D eigenvalue weighted by Gasteiger charge is -2.52. The topological polar surface area (TPSA) is 3.24 Å². The molecule has 4 aliphatic rings. The Bertz CT molecular complexity index is 333. The summed E-state index contributed by atoms with van der Waals surface area (Å²) in [4.78, 5) is 2.98. The third kappa shape index (κ3) is 3.05. The molecule has 1 nitrogen and oxygen atoms in total. The van der Waals surface area contributed by atoms with E-state index < -0.39 is 0 Å². The van der Waals surface area contributed by atoms with E-state index in [9.17, 15) is 0 Å². The minimum Gasteiger partial charge on any atom is -0.300 e. The first kappa shape index (κ1) is 14.5. The van der Waals surface area contributed by atoms with Gasteiger partial charge in [0.1, 0.15) is 0 Å². The molecule has 1 heteroatoms. The molecule has 3 aliphatic carbocycles. The zero-order valence-electron chi connectivity index (χ0n) is 13.9. The summed E-state index contributed by atoms with van der Waals surface area (Å²) in [7, 11) is 0. The minimum absolute atomic E-state index is 0.986. The Labute approximate surface area is 131 Å². The quantitative estimate of drug-likeness (QED) is 0.671. The van der Waals surface area contributed by atoms with Gasteiger partial charge in [-0.15, -0.1) is 0 Å². The van der Waals surface area contributed by atoms with Crippen molar-refractivity contribution >= 4 is 0 Å². The summed E-state index contributed by atoms with van der Waals surface area (Å²) in [5, 5.41) is 0. The Morgan fingerprint density at radius 3 is 2.29 bits per heavy atom. The fourth-order valence-corrected chi connectivity index (χ4v) is 6.53. The van der Waals surface area contributed by atoms with Crippen LogP contribution in [0.3, 0.4) is 0 Å². The van der Waals surface area contributed by atoms with Crippen LogP contribution in [0.4, 0.5) is 0 Å². The van der Waals surface area contributed by atoms with Crippen molar-refractivity contribution in [3.8, 4) is 0 Å². The second-order valence-electron chi connectivity index (χ2n) is 8.66. The Kier molecular flexibility index (Phi) is 4.57. The molecule has 1 aliphatic heterocycles. The van der Waals surface area contributed by atoms with Crippen LogP contribution in [0.1, 0.15) is 83.5 Å². The van der Waals surface area contributed by atoms with Crippen molar-refractivity contribution < 1.29 is 0 Å². The number of hydrogen-bond acceptors (Lipinski definition) is 1. The van der Waals surface area contributed by atoms with Crippen LogP contribution in [-0.4, -0.2) is 24.0 Å². The van der Waals surface area contributed by atoms with Gasteiger partial charge in [0.25, 0.3) is 0 Å². The van der Waals surface area contributed by atoms with E-state index in [-0.39, 0.29) is 0 Å². The number of piperidine rings is 1. The number of rotatable bonds is 2. The van der Waals surface area contributed by atoms with Crippen LogP contribution in [0.15, 0.2) is 0 Å². The Hall–Kier alpha value is -0.0400. The van der Waals surface area contributed by atoms with Crippen LogP contribution in [0.2, 0.25) is 0 Å². The van der Waals surface area contributed by atoms with Gasteiger partial charge in [-0.3, -0.25) is 4.90 Å². The highest BCUT2D eigenvalue weighted by Gasteiger charge is 2.44. The summed E-state index contributed by atoms with van der Waals surface area (Å²) in [6.45, 7) is 2.88. The highest BCUT2D eigenvalue weighted by molar-refractivity contribution is 4.96. The van der Waals surface area contributed by atoms with Crippen molar-refractivity contribution in [2.24, 2.45) is 23.7 Å². The summed E-state index contributed by atoms with van der Waals surface area (Å²) >= 11 is 0. The smallest absolute Gasteiger partial charge is 0.0126 e. The molecule has 0 radical (unpaired) electrons. The maximum absolute atomic E-state index is 2.98. The van der Waals surface area contributed by atoms with Gasteiger partial charge in [-0.1, -0.05) is 38.5 Å². The standard InChI is InChI=1S/C20H35N/c1-2-7-16(8-3-1)15-21-14-6-11-19-18-10-5-4-9-17(18)12-13-20(19)21/h16-20H,1-15H2. The second kappa shape index (κ2) is 6.60. The van der Waals surface area contributed by atoms with Crippen LogP contribution < -0.4 is 0 Å². The van der Waals surface area contributed by atoms with Crippen molar-refractivity contribution in [2.75, 3.05) is 13.1 Å². The van der Waals surface area contributed by atoms with E-state index in [1.165, 1.54) is 64.5 Å². The highest BCUT2D eigenvalue weighted by Crippen LogP contribution is 2.48. The van der Waals surface area contributed by atoms with Gasteiger partial charge in [-0.2, -0.15) is 0 Å². The lowest BCUT2D eigenvalue weighted by atomic mass is 9.61. The first-order chi connectivity index (χ1) is 10.4. The van der Waals surface area contributed by atoms with Gasteiger partial charge < -0.3 is 0 Å². The maximum Gasteiger partial charge on any atom is 0.0126 e. The molecule has 1 heterocycles. The molecule has 3 saturated carbocycles. The van der Waals surface area contributed by atoms with E-state index in [4.69, 9.17) is 0 Å². The zero-order chi connectivity index (χ0) is 14.1. The Morgan fingerprint density at radius 2 is 1.38 bits per heavy atom. The maximum atomic E-state index is 2.98. The molecule has 0 bridgehead atoms. The van der Waals surface area contributed by atoms with Crippen LogP contribution in [0, 0.1) is 23.7 Å². The van der Waals surface area contributed by atoms with E-state index in [1.807, 2.05) is 0 Å². The minimum atomic E-state index is 0.986. The van der Waals surface area contributed by atoms with Crippen molar-refractivity contribution in [2.45, 2.75) is 89.5 Å². The van der Waals surface area contributed by atoms with E-state index in [0.717, 1.165) is 29.7 Å². The first-order valence-corrected chi connectivity index (χ1v) is 10.2. The Morgan fingerprint density at radius 1 is 0.619 bits per heavy atom. The van der Waals surface area contributed by atoms with Crippen molar-refractivity contribution in [1.82, 2.24) is 4.90 Å². The molecule has 0 aromatic rings. The number of fused-ring (bicyclic) bond motifs is 3. The number of hydrogen-bond donors (Lipinski definition) is 0. The molecule has 4 unspecified atom stereocenters. The molecule has 0 aromatic carbocycles. The molecular formula is C20H35N. The van der Waals surface area contributed by atoms with E-state index in [1.54, 1.807) is 32.1 Å². The van der Waals surface area contributed by atoms with Gasteiger partial charge in [0.2, 0.25) is 0 Å². The fourth-order valence-electron chi connectivity index (χ4n) is 6.53. The third-order valence-corrected chi connectivity index (χ3v) is 7.51. The van der Waals surface area contributed by atoms with Gasteiger partial charge in [0, 0.05) is 12.6 Å². The number of likely N-dealkylation sites (tertiary alicyclic amines) is 1. The largest absolute Gasteiger partial charge is 0.300 e. The molecule has 0 amide bonds. The second-order valence-corrected chi connectivity index (χ2v) is 8.66. The molecule has 0 spiro atoms. The van der Waals surface area contributed by atoms with Gasteiger partial charge in [-0.25, -0.2) is 0 Å². The van der Waals surface area contributed by atoms with Crippen molar-refractivity contribution in [1.29, 1.82) is 0 Å². The van der Waals surface area contributed by atoms with Crippen LogP contribution in [0.5, 0.6) is 0 Å². The van der Waals surface area contributed by atoms with Crippen LogP contribution >= 0.6 is 0 Å². The summed E-state index contributed by atoms with van der Waals surface area (Å²) in [6.07, 6.45) is 20.0. The summed E-state index contributed by atoms with van der Waals surface area (Å²) < 4.78 is 0. The fraction of sp³-hybridized carbons (Fsp3) is 1.00. The van der Waals surface area contributed by atoms with Gasteiger partial charge >= 0.3 is 0 Å². The van der Waals surface area contributed by atoms with Gasteiger partial charge in [-0.05, 0) is 75.2 Å². The van der Waals surface area contributed by atoms with E-state index >= 15 is 0 Å². The molecule has 4 fully saturated rings. The van der Waals surface area contributed by atoms with Crippen molar-refractivity contribution in [3.63, 3.8) is 0 Å². The lowest BCUT2D eigenvalue weighted by Crippen LogP contribution is -2.53. The molecule has 4 rings (SSSR count). The third-order valence-electron chi connectivity index (χ3n) is 7.51. The van der Waals surface area contributed by atoms with Crippen LogP contribution in [0.25, 0.3) is 0 Å². The SMILES string of the molecule is C1CCC(CN2CCCC3C4CCCCC4CCC32)CC1. The van der Waals surface area contributed by atoms with Crippen LogP contribution in [-0.2, 0) is 0 Å². The molecule has 4 atom stereocenters. The number of nitrogens with zero attached hydrogens (tertiary/aromatic N) is 1. The van der Waals surface area contributed by atoms with Crippen molar-refractivity contribution in [3.05, 3.63) is 0 Å². The van der Waals surface area contributed by atoms with Gasteiger partial charge in [0.05, 0.1) is 0 Å². The molecule has 21 heavy (non-hydrogen) atoms. The Balaban J connectivity index is 1.41. The normalized spacial score (nSPS) is 42.3. The first-order valence-electron chi connectivity index (χ1n) is 10.2. The monoisotopic (exact) mass is 289 g/mol. The summed E-state index contributed by atoms with van der Waals surface area (Å²) in [6, 6.07) is 0.986.